The second-order valence-electron chi connectivity index (χ2n) is 4.12. The van der Waals surface area contributed by atoms with Crippen molar-refractivity contribution in [3.63, 3.8) is 0 Å². The molecule has 2 heterocycles. The average molecular weight is 220 g/mol. The minimum absolute atomic E-state index is 0.217. The van der Waals surface area contributed by atoms with Crippen LogP contribution in [-0.4, -0.2) is 33.9 Å². The number of likely N-dealkylation sites (tertiary alicyclic amines) is 1. The van der Waals surface area contributed by atoms with Crippen LogP contribution in [0.1, 0.15) is 30.4 Å². The van der Waals surface area contributed by atoms with Gasteiger partial charge < -0.3 is 5.73 Å². The molecule has 2 N–H and O–H groups in total. The van der Waals surface area contributed by atoms with Crippen molar-refractivity contribution in [3.8, 4) is 0 Å². The van der Waals surface area contributed by atoms with E-state index in [0.29, 0.717) is 6.54 Å². The van der Waals surface area contributed by atoms with Gasteiger partial charge in [0.1, 0.15) is 5.82 Å². The van der Waals surface area contributed by atoms with E-state index in [1.54, 1.807) is 6.20 Å². The van der Waals surface area contributed by atoms with Gasteiger partial charge in [-0.25, -0.2) is 9.97 Å². The summed E-state index contributed by atoms with van der Waals surface area (Å²) in [4.78, 5) is 21.5. The Morgan fingerprint density at radius 3 is 3.19 bits per heavy atom. The first-order valence-corrected chi connectivity index (χ1v) is 5.48. The number of hydrogen-bond acceptors (Lipinski definition) is 4. The third kappa shape index (κ3) is 2.36. The quantitative estimate of drug-likeness (QED) is 0.800. The molecule has 2 rings (SSSR count). The predicted molar refractivity (Wildman–Crippen MR) is 59.5 cm³/mol. The van der Waals surface area contributed by atoms with Crippen molar-refractivity contribution in [1.29, 1.82) is 0 Å². The molecule has 1 unspecified atom stereocenters. The van der Waals surface area contributed by atoms with Crippen molar-refractivity contribution in [2.45, 2.75) is 25.8 Å². The lowest BCUT2D eigenvalue weighted by atomic mass is 10.1. The van der Waals surface area contributed by atoms with E-state index < -0.39 is 0 Å². The zero-order chi connectivity index (χ0) is 11.5. The second-order valence-corrected chi connectivity index (χ2v) is 4.12. The van der Waals surface area contributed by atoms with E-state index >= 15 is 0 Å². The number of aromatic nitrogens is 2. The number of aryl methyl sites for hydroxylation is 1. The molecule has 86 valence electrons. The van der Waals surface area contributed by atoms with Gasteiger partial charge in [0.15, 0.2) is 0 Å². The van der Waals surface area contributed by atoms with Gasteiger partial charge in [-0.2, -0.15) is 0 Å². The van der Waals surface area contributed by atoms with Crippen molar-refractivity contribution in [1.82, 2.24) is 14.9 Å². The maximum Gasteiger partial charge on any atom is 0.231 e. The van der Waals surface area contributed by atoms with E-state index in [1.807, 2.05) is 13.0 Å². The summed E-state index contributed by atoms with van der Waals surface area (Å²) in [5, 5.41) is 0. The summed E-state index contributed by atoms with van der Waals surface area (Å²) < 4.78 is 0. The van der Waals surface area contributed by atoms with Gasteiger partial charge in [0.25, 0.3) is 0 Å². The topological polar surface area (TPSA) is 72.1 Å². The molecule has 0 radical (unpaired) electrons. The standard InChI is InChI=1S/C11H16N4O/c1-8-13-5-4-9(14-8)10-3-2-6-15(10)7-11(12)16/h4-5,10H,2-3,6-7H2,1H3,(H2,12,16). The lowest BCUT2D eigenvalue weighted by Gasteiger charge is -2.22. The van der Waals surface area contributed by atoms with Crippen LogP contribution < -0.4 is 5.73 Å². The largest absolute Gasteiger partial charge is 0.369 e. The number of carbonyl (C=O) groups is 1. The zero-order valence-corrected chi connectivity index (χ0v) is 9.39. The fraction of sp³-hybridized carbons (Fsp3) is 0.545. The first-order chi connectivity index (χ1) is 7.66. The van der Waals surface area contributed by atoms with Crippen LogP contribution in [0.4, 0.5) is 0 Å². The fourth-order valence-electron chi connectivity index (χ4n) is 2.21. The molecule has 1 aliphatic rings. The van der Waals surface area contributed by atoms with Gasteiger partial charge in [-0.3, -0.25) is 9.69 Å². The molecule has 0 bridgehead atoms. The summed E-state index contributed by atoms with van der Waals surface area (Å²) in [6.45, 7) is 3.10. The van der Waals surface area contributed by atoms with E-state index in [1.165, 1.54) is 0 Å². The minimum Gasteiger partial charge on any atom is -0.369 e. The van der Waals surface area contributed by atoms with Crippen LogP contribution in [0, 0.1) is 6.92 Å². The molecule has 1 aromatic rings. The van der Waals surface area contributed by atoms with E-state index in [9.17, 15) is 4.79 Å². The summed E-state index contributed by atoms with van der Waals surface area (Å²) in [5.41, 5.74) is 6.22. The molecule has 1 saturated heterocycles. The summed E-state index contributed by atoms with van der Waals surface area (Å²) in [6.07, 6.45) is 3.88. The molecule has 1 amide bonds. The Balaban J connectivity index is 2.16. The average Bonchev–Trinajstić information content (AvgIpc) is 2.65. The van der Waals surface area contributed by atoms with Gasteiger partial charge in [0, 0.05) is 6.20 Å². The molecule has 5 nitrogen and oxygen atoms in total. The van der Waals surface area contributed by atoms with Crippen LogP contribution in [0.5, 0.6) is 0 Å². The number of carbonyl (C=O) groups excluding carboxylic acids is 1. The lowest BCUT2D eigenvalue weighted by molar-refractivity contribution is -0.119. The molecule has 0 spiro atoms. The fourth-order valence-corrected chi connectivity index (χ4v) is 2.21. The molecule has 0 aliphatic carbocycles. The molecule has 0 saturated carbocycles. The van der Waals surface area contributed by atoms with Crippen LogP contribution >= 0.6 is 0 Å². The van der Waals surface area contributed by atoms with Crippen LogP contribution in [0.2, 0.25) is 0 Å². The highest BCUT2D eigenvalue weighted by molar-refractivity contribution is 5.76. The maximum atomic E-state index is 10.9. The Hall–Kier alpha value is -1.49. The highest BCUT2D eigenvalue weighted by Gasteiger charge is 2.27. The number of nitrogens with two attached hydrogens (primary N) is 1. The van der Waals surface area contributed by atoms with Crippen molar-refractivity contribution in [2.24, 2.45) is 5.73 Å². The van der Waals surface area contributed by atoms with Crippen LogP contribution in [0.15, 0.2) is 12.3 Å². The normalized spacial score (nSPS) is 21.2. The molecule has 5 heteroatoms. The van der Waals surface area contributed by atoms with Crippen LogP contribution in [0.3, 0.4) is 0 Å². The van der Waals surface area contributed by atoms with Crippen LogP contribution in [-0.2, 0) is 4.79 Å². The zero-order valence-electron chi connectivity index (χ0n) is 9.39. The van der Waals surface area contributed by atoms with E-state index in [4.69, 9.17) is 5.73 Å². The van der Waals surface area contributed by atoms with Crippen molar-refractivity contribution in [3.05, 3.63) is 23.8 Å². The Labute approximate surface area is 94.7 Å². The van der Waals surface area contributed by atoms with Crippen molar-refractivity contribution in [2.75, 3.05) is 13.1 Å². The van der Waals surface area contributed by atoms with Crippen molar-refractivity contribution < 1.29 is 4.79 Å². The summed E-state index contributed by atoms with van der Waals surface area (Å²) in [5.74, 6) is 0.487. The van der Waals surface area contributed by atoms with Gasteiger partial charge in [0.05, 0.1) is 18.3 Å². The Morgan fingerprint density at radius 1 is 1.69 bits per heavy atom. The van der Waals surface area contributed by atoms with Gasteiger partial charge >= 0.3 is 0 Å². The molecule has 0 aromatic carbocycles. The van der Waals surface area contributed by atoms with E-state index in [2.05, 4.69) is 14.9 Å². The molecule has 1 aliphatic heterocycles. The van der Waals surface area contributed by atoms with Gasteiger partial charge in [-0.1, -0.05) is 0 Å². The molecular formula is C11H16N4O. The number of amides is 1. The number of primary amides is 1. The Morgan fingerprint density at radius 2 is 2.50 bits per heavy atom. The smallest absolute Gasteiger partial charge is 0.231 e. The molecule has 16 heavy (non-hydrogen) atoms. The summed E-state index contributed by atoms with van der Waals surface area (Å²) >= 11 is 0. The monoisotopic (exact) mass is 220 g/mol. The predicted octanol–water partition coefficient (Wildman–Crippen LogP) is 0.407. The second kappa shape index (κ2) is 4.57. The third-order valence-corrected chi connectivity index (χ3v) is 2.86. The molecule has 1 fully saturated rings. The number of hydrogen-bond donors (Lipinski definition) is 1. The van der Waals surface area contributed by atoms with Gasteiger partial charge in [-0.15, -0.1) is 0 Å². The van der Waals surface area contributed by atoms with Crippen LogP contribution in [0.25, 0.3) is 0 Å². The van der Waals surface area contributed by atoms with Crippen molar-refractivity contribution >= 4 is 5.91 Å². The first kappa shape index (κ1) is 11.0. The van der Waals surface area contributed by atoms with E-state index in [-0.39, 0.29) is 11.9 Å². The highest BCUT2D eigenvalue weighted by atomic mass is 16.1. The number of rotatable bonds is 3. The maximum absolute atomic E-state index is 10.9. The molecular weight excluding hydrogens is 204 g/mol. The summed E-state index contributed by atoms with van der Waals surface area (Å²) in [6, 6.07) is 2.13. The third-order valence-electron chi connectivity index (χ3n) is 2.86. The Bertz CT molecular complexity index is 393. The lowest BCUT2D eigenvalue weighted by Crippen LogP contribution is -2.33. The number of nitrogens with zero attached hydrogens (tertiary/aromatic N) is 3. The molecule has 1 atom stereocenters. The minimum atomic E-state index is -0.280. The summed E-state index contributed by atoms with van der Waals surface area (Å²) in [7, 11) is 0. The molecule has 1 aromatic heterocycles. The SMILES string of the molecule is Cc1nccc(C2CCCN2CC(N)=O)n1. The van der Waals surface area contributed by atoms with E-state index in [0.717, 1.165) is 30.9 Å². The Kier molecular flexibility index (Phi) is 3.14. The first-order valence-electron chi connectivity index (χ1n) is 5.48. The highest BCUT2D eigenvalue weighted by Crippen LogP contribution is 2.29. The van der Waals surface area contributed by atoms with Gasteiger partial charge in [-0.05, 0) is 32.4 Å². The van der Waals surface area contributed by atoms with Gasteiger partial charge in [0.2, 0.25) is 5.91 Å².